The number of benzene rings is 1. The monoisotopic (exact) mass is 246 g/mol. The number of sulfonamides is 1. The zero-order valence-corrected chi connectivity index (χ0v) is 9.54. The number of hydrogen-bond donors (Lipinski definition) is 4. The van der Waals surface area contributed by atoms with Crippen molar-refractivity contribution in [3.8, 4) is 0 Å². The Morgan fingerprint density at radius 3 is 2.19 bits per heavy atom. The van der Waals surface area contributed by atoms with Crippen LogP contribution in [0.5, 0.6) is 0 Å². The van der Waals surface area contributed by atoms with Crippen molar-refractivity contribution < 1.29 is 13.2 Å². The summed E-state index contributed by atoms with van der Waals surface area (Å²) in [5.41, 5.74) is 7.47. The molecule has 1 rings (SSSR count). The van der Waals surface area contributed by atoms with Crippen LogP contribution in [0.2, 0.25) is 0 Å². The summed E-state index contributed by atoms with van der Waals surface area (Å²) in [6.45, 7) is 1.84. The van der Waals surface area contributed by atoms with Crippen LogP contribution in [0.1, 0.15) is 5.56 Å². The van der Waals surface area contributed by atoms with E-state index in [2.05, 4.69) is 0 Å². The molecule has 16 heavy (non-hydrogen) atoms. The molecule has 1 aromatic carbocycles. The van der Waals surface area contributed by atoms with E-state index < -0.39 is 16.1 Å². The molecular formula is C8H14N4O3S. The number of nitrogens with one attached hydrogen (secondary N) is 2. The van der Waals surface area contributed by atoms with Crippen LogP contribution in [-0.2, 0) is 10.0 Å². The van der Waals surface area contributed by atoms with Crippen LogP contribution in [-0.4, -0.2) is 14.4 Å². The minimum absolute atomic E-state index is 0. The van der Waals surface area contributed by atoms with Gasteiger partial charge in [0.1, 0.15) is 0 Å². The summed E-state index contributed by atoms with van der Waals surface area (Å²) in [7, 11) is -3.73. The molecule has 0 aliphatic carbocycles. The standard InChI is InChI=1S/C8H11N3O3S.H3N/c1-6-2-4-7(5-3-6)15(13,14)11-10-8(9)12;/h2-5,11H,1H3,(H3,9,10,12);1H3. The van der Waals surface area contributed by atoms with Crippen molar-refractivity contribution in [1.29, 1.82) is 0 Å². The number of aryl methyl sites for hydroxylation is 1. The van der Waals surface area contributed by atoms with Crippen molar-refractivity contribution in [2.45, 2.75) is 11.8 Å². The summed E-state index contributed by atoms with van der Waals surface area (Å²) in [6.07, 6.45) is 0. The van der Waals surface area contributed by atoms with Crippen LogP contribution in [0.15, 0.2) is 29.2 Å². The lowest BCUT2D eigenvalue weighted by atomic mass is 10.2. The number of rotatable bonds is 3. The topological polar surface area (TPSA) is 136 Å². The molecule has 0 saturated heterocycles. The van der Waals surface area contributed by atoms with E-state index in [0.29, 0.717) is 0 Å². The molecule has 0 atom stereocenters. The average Bonchev–Trinajstić information content (AvgIpc) is 2.16. The summed E-state index contributed by atoms with van der Waals surface area (Å²) in [4.78, 5) is 12.2. The third-order valence-electron chi connectivity index (χ3n) is 1.64. The second kappa shape index (κ2) is 5.45. The van der Waals surface area contributed by atoms with Gasteiger partial charge in [0, 0.05) is 0 Å². The number of urea groups is 1. The highest BCUT2D eigenvalue weighted by Gasteiger charge is 2.13. The maximum atomic E-state index is 11.5. The SMILES string of the molecule is Cc1ccc(S(=O)(=O)NNC(N)=O)cc1.N. The van der Waals surface area contributed by atoms with Gasteiger partial charge in [-0.1, -0.05) is 17.7 Å². The van der Waals surface area contributed by atoms with Gasteiger partial charge < -0.3 is 11.9 Å². The van der Waals surface area contributed by atoms with Crippen LogP contribution in [0.3, 0.4) is 0 Å². The number of hydrazine groups is 1. The first-order valence-electron chi connectivity index (χ1n) is 4.06. The Morgan fingerprint density at radius 2 is 1.75 bits per heavy atom. The molecule has 0 heterocycles. The Bertz CT molecular complexity index is 455. The molecule has 90 valence electrons. The van der Waals surface area contributed by atoms with Gasteiger partial charge in [0.15, 0.2) is 0 Å². The Kier molecular flexibility index (Phi) is 4.89. The lowest BCUT2D eigenvalue weighted by Crippen LogP contribution is -2.44. The van der Waals surface area contributed by atoms with Gasteiger partial charge in [-0.3, -0.25) is 5.43 Å². The van der Waals surface area contributed by atoms with E-state index in [1.54, 1.807) is 17.6 Å². The lowest BCUT2D eigenvalue weighted by Gasteiger charge is -2.06. The number of hydrogen-bond acceptors (Lipinski definition) is 4. The molecule has 0 aliphatic heterocycles. The molecule has 0 aromatic heterocycles. The van der Waals surface area contributed by atoms with E-state index in [-0.39, 0.29) is 11.0 Å². The predicted molar refractivity (Wildman–Crippen MR) is 59.2 cm³/mol. The average molecular weight is 246 g/mol. The molecule has 0 spiro atoms. The first-order valence-corrected chi connectivity index (χ1v) is 5.54. The molecule has 0 bridgehead atoms. The van der Waals surface area contributed by atoms with E-state index in [9.17, 15) is 13.2 Å². The molecule has 0 fully saturated rings. The number of amides is 2. The Labute approximate surface area is 93.6 Å². The van der Waals surface area contributed by atoms with Crippen molar-refractivity contribution in [2.24, 2.45) is 5.73 Å². The molecule has 2 amide bonds. The van der Waals surface area contributed by atoms with Crippen LogP contribution in [0.25, 0.3) is 0 Å². The summed E-state index contributed by atoms with van der Waals surface area (Å²) >= 11 is 0. The van der Waals surface area contributed by atoms with Crippen molar-refractivity contribution in [1.82, 2.24) is 16.4 Å². The fourth-order valence-corrected chi connectivity index (χ4v) is 1.74. The summed E-state index contributed by atoms with van der Waals surface area (Å²) in [5, 5.41) is 0. The van der Waals surface area contributed by atoms with Crippen molar-refractivity contribution >= 4 is 16.1 Å². The molecule has 1 aromatic rings. The van der Waals surface area contributed by atoms with Gasteiger partial charge in [-0.05, 0) is 19.1 Å². The van der Waals surface area contributed by atoms with Gasteiger partial charge in [0.05, 0.1) is 4.90 Å². The molecule has 8 heteroatoms. The maximum absolute atomic E-state index is 11.5. The fourth-order valence-electron chi connectivity index (χ4n) is 0.894. The largest absolute Gasteiger partial charge is 0.351 e. The van der Waals surface area contributed by atoms with Crippen molar-refractivity contribution in [2.75, 3.05) is 0 Å². The van der Waals surface area contributed by atoms with Crippen molar-refractivity contribution in [3.63, 3.8) is 0 Å². The van der Waals surface area contributed by atoms with Crippen LogP contribution >= 0.6 is 0 Å². The predicted octanol–water partition coefficient (Wildman–Crippen LogP) is 0.0186. The Hall–Kier alpha value is -1.64. The van der Waals surface area contributed by atoms with Gasteiger partial charge in [0.25, 0.3) is 10.0 Å². The minimum atomic E-state index is -3.73. The lowest BCUT2D eigenvalue weighted by molar-refractivity contribution is 0.247. The highest BCUT2D eigenvalue weighted by atomic mass is 32.2. The molecular weight excluding hydrogens is 232 g/mol. The Morgan fingerprint density at radius 1 is 1.25 bits per heavy atom. The van der Waals surface area contributed by atoms with Crippen LogP contribution in [0, 0.1) is 6.92 Å². The van der Waals surface area contributed by atoms with Crippen LogP contribution in [0.4, 0.5) is 4.79 Å². The summed E-state index contributed by atoms with van der Waals surface area (Å²) < 4.78 is 22.9. The second-order valence-electron chi connectivity index (χ2n) is 2.91. The van der Waals surface area contributed by atoms with E-state index in [1.165, 1.54) is 12.1 Å². The molecule has 0 aliphatic rings. The minimum Gasteiger partial charge on any atom is -0.351 e. The zero-order valence-electron chi connectivity index (χ0n) is 8.73. The van der Waals surface area contributed by atoms with E-state index in [4.69, 9.17) is 5.73 Å². The fraction of sp³-hybridized carbons (Fsp3) is 0.125. The first kappa shape index (κ1) is 14.4. The van der Waals surface area contributed by atoms with Gasteiger partial charge in [0.2, 0.25) is 0 Å². The summed E-state index contributed by atoms with van der Waals surface area (Å²) in [5.74, 6) is 0. The maximum Gasteiger partial charge on any atom is 0.327 e. The van der Waals surface area contributed by atoms with E-state index >= 15 is 0 Å². The quantitative estimate of drug-likeness (QED) is 0.558. The number of carbonyl (C=O) groups is 1. The molecule has 7 N–H and O–H groups in total. The molecule has 0 saturated carbocycles. The smallest absolute Gasteiger partial charge is 0.327 e. The van der Waals surface area contributed by atoms with Crippen molar-refractivity contribution in [3.05, 3.63) is 29.8 Å². The Balaban J connectivity index is 0.00000225. The van der Waals surface area contributed by atoms with Gasteiger partial charge >= 0.3 is 6.03 Å². The van der Waals surface area contributed by atoms with Crippen LogP contribution < -0.4 is 22.1 Å². The number of primary amides is 1. The third kappa shape index (κ3) is 3.85. The highest BCUT2D eigenvalue weighted by Crippen LogP contribution is 2.08. The highest BCUT2D eigenvalue weighted by molar-refractivity contribution is 7.89. The molecule has 0 unspecified atom stereocenters. The number of carbonyl (C=O) groups excluding carboxylic acids is 1. The number of nitrogens with two attached hydrogens (primary N) is 1. The van der Waals surface area contributed by atoms with Gasteiger partial charge in [-0.25, -0.2) is 13.2 Å². The molecule has 0 radical (unpaired) electrons. The van der Waals surface area contributed by atoms with E-state index in [0.717, 1.165) is 5.56 Å². The van der Waals surface area contributed by atoms with Gasteiger partial charge in [-0.15, -0.1) is 4.83 Å². The van der Waals surface area contributed by atoms with Gasteiger partial charge in [-0.2, -0.15) is 0 Å². The third-order valence-corrected chi connectivity index (χ3v) is 2.90. The zero-order chi connectivity index (χ0) is 11.5. The second-order valence-corrected chi connectivity index (χ2v) is 4.59. The first-order chi connectivity index (χ1) is 6.92. The normalized spacial score (nSPS) is 10.3. The van der Waals surface area contributed by atoms with E-state index in [1.807, 2.05) is 11.8 Å². The molecule has 7 nitrogen and oxygen atoms in total. The summed E-state index contributed by atoms with van der Waals surface area (Å²) in [6, 6.07) is 5.20.